The van der Waals surface area contributed by atoms with E-state index in [1.54, 1.807) is 34.6 Å². The highest BCUT2D eigenvalue weighted by molar-refractivity contribution is 5.99. The summed E-state index contributed by atoms with van der Waals surface area (Å²) >= 11 is 0. The molecule has 0 saturated carbocycles. The molecule has 1 rings (SSSR count). The van der Waals surface area contributed by atoms with Crippen LogP contribution in [0.1, 0.15) is 119 Å². The molecule has 0 saturated heterocycles. The predicted molar refractivity (Wildman–Crippen MR) is 260 cm³/mol. The number of aliphatic carboxylic acids is 2. The number of guanidine groups is 1. The van der Waals surface area contributed by atoms with Crippen LogP contribution in [-0.4, -0.2) is 140 Å². The van der Waals surface area contributed by atoms with E-state index in [-0.39, 0.29) is 68.8 Å². The molecule has 0 aliphatic rings. The Balaban J connectivity index is 3.49. The predicted octanol–water partition coefficient (Wildman–Crippen LogP) is -2.26. The largest absolute Gasteiger partial charge is 0.481 e. The molecule has 0 bridgehead atoms. The lowest BCUT2D eigenvalue weighted by molar-refractivity contribution is -0.142. The number of hydrogen-bond acceptors (Lipinski definition) is 13. The topological polar surface area (TPSA) is 440 Å². The standard InChI is InChI=1S/C45H78N14O12/c1-9-24(7)35(47)42(68)58-30(17-23(5)6)39(65)55-29(16-22(3)4)38(64)57-32(19-33(46)60)41(67)59-36(25(8)10-2)43(69)53-27(13-14-34(61)62)37(63)56-31(18-26-20-50-21-52-26)40(66)54-28(44(70)71)12-11-15-51-45(48)49/h20-25,27-32,35-36H,9-19,47H2,1-8H3,(H2,46,60)(H,50,52)(H,53,69)(H,54,66)(H,55,65)(H,56,63)(H,57,64)(H,58,68)(H,59,67)(H,61,62)(H,70,71)(H4,48,49,51)/t24-,25-,27-,28-,29-,30-,31-,32-,35-,36-/m0/s1. The summed E-state index contributed by atoms with van der Waals surface area (Å²) in [6, 6.07) is -11.0. The number of aliphatic imine (C=N–C) groups is 1. The second kappa shape index (κ2) is 31.4. The Morgan fingerprint density at radius 1 is 0.620 bits per heavy atom. The minimum Gasteiger partial charge on any atom is -0.481 e. The fraction of sp³-hybridized carbons (Fsp3) is 0.689. The van der Waals surface area contributed by atoms with E-state index in [1.807, 2.05) is 20.8 Å². The average Bonchev–Trinajstić information content (AvgIpc) is 3.80. The van der Waals surface area contributed by atoms with Crippen molar-refractivity contribution < 1.29 is 58.2 Å². The quantitative estimate of drug-likeness (QED) is 0.0197. The van der Waals surface area contributed by atoms with Crippen molar-refractivity contribution in [1.82, 2.24) is 47.2 Å². The van der Waals surface area contributed by atoms with Gasteiger partial charge in [0, 0.05) is 31.3 Å². The van der Waals surface area contributed by atoms with Crippen molar-refractivity contribution in [3.05, 3.63) is 18.2 Å². The van der Waals surface area contributed by atoms with Crippen LogP contribution in [0.4, 0.5) is 0 Å². The molecule has 0 aromatic carbocycles. The van der Waals surface area contributed by atoms with Gasteiger partial charge in [0.25, 0.3) is 0 Å². The van der Waals surface area contributed by atoms with Crippen molar-refractivity contribution in [3.63, 3.8) is 0 Å². The summed E-state index contributed by atoms with van der Waals surface area (Å²) in [5.41, 5.74) is 22.7. The van der Waals surface area contributed by atoms with Crippen molar-refractivity contribution in [2.24, 2.45) is 51.6 Å². The molecule has 0 aliphatic carbocycles. The summed E-state index contributed by atoms with van der Waals surface area (Å²) in [5.74, 6) is -11.3. The Labute approximate surface area is 413 Å². The zero-order valence-electron chi connectivity index (χ0n) is 42.0. The Bertz CT molecular complexity index is 1980. The lowest BCUT2D eigenvalue weighted by atomic mass is 9.96. The van der Waals surface area contributed by atoms with Crippen LogP contribution in [0.3, 0.4) is 0 Å². The summed E-state index contributed by atoms with van der Waals surface area (Å²) < 4.78 is 0. The molecule has 26 heteroatoms. The van der Waals surface area contributed by atoms with E-state index in [0.29, 0.717) is 12.1 Å². The first-order valence-corrected chi connectivity index (χ1v) is 23.8. The van der Waals surface area contributed by atoms with Gasteiger partial charge >= 0.3 is 11.9 Å². The number of carboxylic acids is 2. The van der Waals surface area contributed by atoms with Crippen molar-refractivity contribution >= 4 is 65.2 Å². The van der Waals surface area contributed by atoms with Crippen LogP contribution in [0, 0.1) is 23.7 Å². The number of carboxylic acid groups (broad SMARTS) is 2. The highest BCUT2D eigenvalue weighted by Crippen LogP contribution is 2.14. The molecular formula is C45H78N14O12. The van der Waals surface area contributed by atoms with Crippen molar-refractivity contribution in [2.75, 3.05) is 6.54 Å². The fourth-order valence-corrected chi connectivity index (χ4v) is 7.03. The van der Waals surface area contributed by atoms with Crippen LogP contribution < -0.4 is 60.2 Å². The highest BCUT2D eigenvalue weighted by atomic mass is 16.4. The van der Waals surface area contributed by atoms with Crippen molar-refractivity contribution in [2.45, 2.75) is 168 Å². The zero-order chi connectivity index (χ0) is 54.1. The molecule has 26 nitrogen and oxygen atoms in total. The van der Waals surface area contributed by atoms with Crippen LogP contribution in [0.2, 0.25) is 0 Å². The molecule has 0 unspecified atom stereocenters. The number of nitrogens with zero attached hydrogens (tertiary/aromatic N) is 2. The van der Waals surface area contributed by atoms with Gasteiger partial charge in [-0.2, -0.15) is 0 Å². The van der Waals surface area contributed by atoms with Crippen LogP contribution in [0.25, 0.3) is 0 Å². The molecule has 0 spiro atoms. The first-order chi connectivity index (χ1) is 33.2. The average molecular weight is 1010 g/mol. The van der Waals surface area contributed by atoms with Crippen molar-refractivity contribution in [1.29, 1.82) is 0 Å². The van der Waals surface area contributed by atoms with Gasteiger partial charge in [-0.1, -0.05) is 68.2 Å². The van der Waals surface area contributed by atoms with Gasteiger partial charge in [-0.25, -0.2) is 9.78 Å². The SMILES string of the molecule is CC[C@H](C)[C@H](N)C(=O)N[C@@H](CC(C)C)C(=O)N[C@@H](CC(C)C)C(=O)N[C@@H](CC(N)=O)C(=O)N[C@H](C(=O)N[C@@H](CCC(=O)O)C(=O)N[C@@H](Cc1cnc[nH]1)C(=O)N[C@@H](CCCN=C(N)N)C(=O)O)[C@@H](C)CC. The molecule has 0 fully saturated rings. The summed E-state index contributed by atoms with van der Waals surface area (Å²) in [4.78, 5) is 143. The number of carbonyl (C=O) groups excluding carboxylic acids is 8. The summed E-state index contributed by atoms with van der Waals surface area (Å²) in [7, 11) is 0. The maximum atomic E-state index is 14.1. The second-order valence-electron chi connectivity index (χ2n) is 18.6. The Morgan fingerprint density at radius 2 is 1.10 bits per heavy atom. The molecule has 8 amide bonds. The summed E-state index contributed by atoms with van der Waals surface area (Å²) in [5, 5.41) is 37.1. The van der Waals surface area contributed by atoms with Crippen LogP contribution >= 0.6 is 0 Å². The molecule has 10 atom stereocenters. The summed E-state index contributed by atoms with van der Waals surface area (Å²) in [6.07, 6.45) is 1.66. The number of aromatic nitrogens is 2. The molecule has 18 N–H and O–H groups in total. The van der Waals surface area contributed by atoms with E-state index >= 15 is 0 Å². The molecule has 400 valence electrons. The molecule has 1 heterocycles. The van der Waals surface area contributed by atoms with Gasteiger partial charge < -0.3 is 75.3 Å². The number of nitrogens with two attached hydrogens (primary N) is 4. The maximum Gasteiger partial charge on any atom is 0.326 e. The lowest BCUT2D eigenvalue weighted by Crippen LogP contribution is -2.61. The molecule has 1 aromatic rings. The van der Waals surface area contributed by atoms with E-state index in [2.05, 4.69) is 52.2 Å². The smallest absolute Gasteiger partial charge is 0.326 e. The van der Waals surface area contributed by atoms with E-state index < -0.39 is 133 Å². The number of rotatable bonds is 34. The van der Waals surface area contributed by atoms with Crippen LogP contribution in [-0.2, 0) is 54.4 Å². The molecule has 1 aromatic heterocycles. The normalized spacial score (nSPS) is 15.4. The molecule has 71 heavy (non-hydrogen) atoms. The number of imidazole rings is 1. The number of amides is 8. The Morgan fingerprint density at radius 3 is 1.58 bits per heavy atom. The first kappa shape index (κ1) is 62.2. The maximum absolute atomic E-state index is 14.1. The van der Waals surface area contributed by atoms with Gasteiger partial charge in [0.15, 0.2) is 5.96 Å². The van der Waals surface area contributed by atoms with Gasteiger partial charge in [-0.05, 0) is 55.8 Å². The van der Waals surface area contributed by atoms with Gasteiger partial charge in [-0.15, -0.1) is 0 Å². The Hall–Kier alpha value is -6.86. The monoisotopic (exact) mass is 1010 g/mol. The number of carbonyl (C=O) groups is 10. The number of H-pyrrole nitrogens is 1. The highest BCUT2D eigenvalue weighted by Gasteiger charge is 2.37. The van der Waals surface area contributed by atoms with Gasteiger partial charge in [0.05, 0.1) is 18.8 Å². The fourth-order valence-electron chi connectivity index (χ4n) is 7.03. The minimum atomic E-state index is -1.69. The number of nitrogens with one attached hydrogen (secondary N) is 8. The molecule has 0 radical (unpaired) electrons. The first-order valence-electron chi connectivity index (χ1n) is 23.8. The number of hydrogen-bond donors (Lipinski definition) is 14. The number of primary amides is 1. The van der Waals surface area contributed by atoms with Gasteiger partial charge in [0.2, 0.25) is 47.3 Å². The third-order valence-electron chi connectivity index (χ3n) is 11.5. The van der Waals surface area contributed by atoms with E-state index in [1.165, 1.54) is 12.5 Å². The number of aromatic amines is 1. The van der Waals surface area contributed by atoms with Gasteiger partial charge in [-0.3, -0.25) is 48.1 Å². The minimum absolute atomic E-state index is 0.0557. The third-order valence-corrected chi connectivity index (χ3v) is 11.5. The van der Waals surface area contributed by atoms with Crippen LogP contribution in [0.5, 0.6) is 0 Å². The molecule has 0 aliphatic heterocycles. The van der Waals surface area contributed by atoms with E-state index in [9.17, 15) is 58.2 Å². The summed E-state index contributed by atoms with van der Waals surface area (Å²) in [6.45, 7) is 14.2. The lowest BCUT2D eigenvalue weighted by Gasteiger charge is -2.30. The molecular weight excluding hydrogens is 929 g/mol. The Kier molecular flexibility index (Phi) is 27.5. The van der Waals surface area contributed by atoms with Crippen LogP contribution in [0.15, 0.2) is 17.5 Å². The zero-order valence-corrected chi connectivity index (χ0v) is 42.0. The van der Waals surface area contributed by atoms with E-state index in [0.717, 1.165) is 0 Å². The third kappa shape index (κ3) is 23.5. The van der Waals surface area contributed by atoms with E-state index in [4.69, 9.17) is 22.9 Å². The second-order valence-corrected chi connectivity index (χ2v) is 18.6. The van der Waals surface area contributed by atoms with Crippen molar-refractivity contribution in [3.8, 4) is 0 Å². The van der Waals surface area contributed by atoms with Gasteiger partial charge in [0.1, 0.15) is 42.3 Å².